The first-order valence-electron chi connectivity index (χ1n) is 6.80. The second-order valence-corrected chi connectivity index (χ2v) is 6.38. The molecule has 5 atom stereocenters. The zero-order valence-corrected chi connectivity index (χ0v) is 9.61. The number of amides is 1. The van der Waals surface area contributed by atoms with E-state index in [0.29, 0.717) is 35.1 Å². The summed E-state index contributed by atoms with van der Waals surface area (Å²) in [6.45, 7) is 0. The minimum atomic E-state index is 0.241. The van der Waals surface area contributed by atoms with Crippen molar-refractivity contribution in [1.29, 1.82) is 0 Å². The number of carbonyl (C=O) groups excluding carboxylic acids is 1. The minimum Gasteiger partial charge on any atom is -0.351 e. The first kappa shape index (κ1) is 9.46. The highest BCUT2D eigenvalue weighted by Crippen LogP contribution is 2.67. The molecule has 3 saturated carbocycles. The second-order valence-electron chi connectivity index (χ2n) is 6.38. The molecule has 0 unspecified atom stereocenters. The van der Waals surface area contributed by atoms with Gasteiger partial charge in [-0.3, -0.25) is 4.79 Å². The molecule has 3 N–H and O–H groups in total. The number of nitrogens with one attached hydrogen (secondary N) is 1. The molecule has 2 bridgehead atoms. The molecule has 88 valence electrons. The van der Waals surface area contributed by atoms with Crippen molar-refractivity contribution < 1.29 is 4.79 Å². The first-order valence-corrected chi connectivity index (χ1v) is 6.80. The summed E-state index contributed by atoms with van der Waals surface area (Å²) in [5.74, 6) is 1.83. The first-order chi connectivity index (χ1) is 7.74. The third kappa shape index (κ3) is 0.849. The van der Waals surface area contributed by atoms with Gasteiger partial charge in [-0.1, -0.05) is 19.3 Å². The molecule has 0 aromatic rings. The maximum Gasteiger partial charge on any atom is 0.223 e. The van der Waals surface area contributed by atoms with Gasteiger partial charge in [0.15, 0.2) is 0 Å². The molecule has 4 rings (SSSR count). The van der Waals surface area contributed by atoms with Crippen molar-refractivity contribution >= 4 is 5.91 Å². The molecular formula is C13H20N2O. The Morgan fingerprint density at radius 2 is 2.00 bits per heavy atom. The lowest BCUT2D eigenvalue weighted by Crippen LogP contribution is -2.44. The molecule has 16 heavy (non-hydrogen) atoms. The van der Waals surface area contributed by atoms with Gasteiger partial charge in [-0.15, -0.1) is 0 Å². The van der Waals surface area contributed by atoms with Crippen LogP contribution in [0.1, 0.15) is 38.5 Å². The zero-order valence-electron chi connectivity index (χ0n) is 9.61. The third-order valence-corrected chi connectivity index (χ3v) is 6.04. The van der Waals surface area contributed by atoms with E-state index in [1.807, 2.05) is 0 Å². The summed E-state index contributed by atoms with van der Waals surface area (Å²) in [6.07, 6.45) is 7.83. The summed E-state index contributed by atoms with van der Waals surface area (Å²) in [5, 5.41) is 3.16. The van der Waals surface area contributed by atoms with Crippen LogP contribution < -0.4 is 11.1 Å². The van der Waals surface area contributed by atoms with Gasteiger partial charge in [0.25, 0.3) is 0 Å². The predicted molar refractivity (Wildman–Crippen MR) is 60.5 cm³/mol. The highest BCUT2D eigenvalue weighted by molar-refractivity contribution is 5.83. The maximum absolute atomic E-state index is 11.9. The molecule has 3 aliphatic carbocycles. The largest absolute Gasteiger partial charge is 0.351 e. The molecule has 0 radical (unpaired) electrons. The van der Waals surface area contributed by atoms with Gasteiger partial charge in [-0.2, -0.15) is 0 Å². The van der Waals surface area contributed by atoms with Gasteiger partial charge in [0.05, 0.1) is 0 Å². The van der Waals surface area contributed by atoms with E-state index in [1.54, 1.807) is 0 Å². The fourth-order valence-corrected chi connectivity index (χ4v) is 5.58. The van der Waals surface area contributed by atoms with Crippen molar-refractivity contribution in [1.82, 2.24) is 5.32 Å². The number of hydrogen-bond donors (Lipinski definition) is 2. The van der Waals surface area contributed by atoms with Crippen LogP contribution in [0.4, 0.5) is 0 Å². The molecule has 3 heteroatoms. The standard InChI is InChI=1S/C13H20N2O/c14-10-8-6-7-9(11(10)15-12(7)16)13(8)4-2-1-3-5-13/h7-11H,1-6,14H2,(H,15,16)/t7-,8-,9-,10+,11-/m1/s1. The Bertz CT molecular complexity index is 348. The molecule has 1 saturated heterocycles. The van der Waals surface area contributed by atoms with Crippen molar-refractivity contribution in [2.24, 2.45) is 28.9 Å². The molecule has 4 aliphatic rings. The van der Waals surface area contributed by atoms with Gasteiger partial charge in [-0.25, -0.2) is 0 Å². The Kier molecular flexibility index (Phi) is 1.66. The summed E-state index contributed by atoms with van der Waals surface area (Å²) in [4.78, 5) is 11.9. The lowest BCUT2D eigenvalue weighted by Gasteiger charge is -2.38. The molecule has 1 aliphatic heterocycles. The van der Waals surface area contributed by atoms with E-state index in [9.17, 15) is 4.79 Å². The Labute approximate surface area is 96.1 Å². The van der Waals surface area contributed by atoms with Crippen molar-refractivity contribution in [2.75, 3.05) is 0 Å². The van der Waals surface area contributed by atoms with Gasteiger partial charge >= 0.3 is 0 Å². The number of nitrogens with two attached hydrogens (primary N) is 1. The molecule has 3 nitrogen and oxygen atoms in total. The number of carbonyl (C=O) groups is 1. The van der Waals surface area contributed by atoms with Crippen LogP contribution in [0.5, 0.6) is 0 Å². The van der Waals surface area contributed by atoms with Crippen molar-refractivity contribution in [3.05, 3.63) is 0 Å². The number of hydrogen-bond acceptors (Lipinski definition) is 2. The van der Waals surface area contributed by atoms with Crippen LogP contribution in [0.2, 0.25) is 0 Å². The highest BCUT2D eigenvalue weighted by Gasteiger charge is 2.70. The topological polar surface area (TPSA) is 55.1 Å². The average Bonchev–Trinajstić information content (AvgIpc) is 2.81. The van der Waals surface area contributed by atoms with Crippen LogP contribution >= 0.6 is 0 Å². The van der Waals surface area contributed by atoms with E-state index >= 15 is 0 Å². The van der Waals surface area contributed by atoms with Crippen LogP contribution in [0.15, 0.2) is 0 Å². The molecule has 0 aromatic heterocycles. The average molecular weight is 220 g/mol. The van der Waals surface area contributed by atoms with Crippen LogP contribution in [-0.4, -0.2) is 18.0 Å². The Morgan fingerprint density at radius 3 is 2.75 bits per heavy atom. The van der Waals surface area contributed by atoms with Crippen LogP contribution in [0, 0.1) is 23.2 Å². The maximum atomic E-state index is 11.9. The molecule has 4 fully saturated rings. The summed E-state index contributed by atoms with van der Waals surface area (Å²) in [6, 6.07) is 0.556. The summed E-state index contributed by atoms with van der Waals surface area (Å²) in [5.41, 5.74) is 6.80. The molecule has 1 spiro atoms. The lowest BCUT2D eigenvalue weighted by atomic mass is 9.66. The fourth-order valence-electron chi connectivity index (χ4n) is 5.58. The lowest BCUT2D eigenvalue weighted by molar-refractivity contribution is -0.122. The highest BCUT2D eigenvalue weighted by atomic mass is 16.2. The van der Waals surface area contributed by atoms with E-state index in [0.717, 1.165) is 6.42 Å². The summed E-state index contributed by atoms with van der Waals surface area (Å²) in [7, 11) is 0. The third-order valence-electron chi connectivity index (χ3n) is 6.04. The van der Waals surface area contributed by atoms with E-state index in [2.05, 4.69) is 5.32 Å². The van der Waals surface area contributed by atoms with Crippen molar-refractivity contribution in [3.8, 4) is 0 Å². The smallest absolute Gasteiger partial charge is 0.223 e. The quantitative estimate of drug-likeness (QED) is 0.640. The van der Waals surface area contributed by atoms with E-state index in [1.165, 1.54) is 32.1 Å². The van der Waals surface area contributed by atoms with Gasteiger partial charge in [0.1, 0.15) is 0 Å². The van der Waals surface area contributed by atoms with Gasteiger partial charge in [0, 0.05) is 18.0 Å². The molecule has 0 aromatic carbocycles. The van der Waals surface area contributed by atoms with Gasteiger partial charge in [0.2, 0.25) is 5.91 Å². The van der Waals surface area contributed by atoms with E-state index < -0.39 is 0 Å². The van der Waals surface area contributed by atoms with E-state index in [-0.39, 0.29) is 6.04 Å². The molecular weight excluding hydrogens is 200 g/mol. The number of rotatable bonds is 0. The van der Waals surface area contributed by atoms with Crippen LogP contribution in [0.3, 0.4) is 0 Å². The normalized spacial score (nSPS) is 52.3. The van der Waals surface area contributed by atoms with Crippen LogP contribution in [0.25, 0.3) is 0 Å². The summed E-state index contributed by atoms with van der Waals surface area (Å²) < 4.78 is 0. The van der Waals surface area contributed by atoms with Gasteiger partial charge < -0.3 is 11.1 Å². The predicted octanol–water partition coefficient (Wildman–Crippen LogP) is 1.03. The Morgan fingerprint density at radius 1 is 1.25 bits per heavy atom. The summed E-state index contributed by atoms with van der Waals surface area (Å²) >= 11 is 0. The van der Waals surface area contributed by atoms with Crippen molar-refractivity contribution in [3.63, 3.8) is 0 Å². The monoisotopic (exact) mass is 220 g/mol. The minimum absolute atomic E-state index is 0.241. The molecule has 1 heterocycles. The Balaban J connectivity index is 1.79. The van der Waals surface area contributed by atoms with E-state index in [4.69, 9.17) is 5.73 Å². The van der Waals surface area contributed by atoms with Crippen LogP contribution in [-0.2, 0) is 4.79 Å². The van der Waals surface area contributed by atoms with Gasteiger partial charge in [-0.05, 0) is 36.5 Å². The SMILES string of the molecule is N[C@@H]1[C@@H]2NC(=O)[C@@H]3C[C@H]1C1(CCCCC1)[C@@H]23. The fraction of sp³-hybridized carbons (Fsp3) is 0.923. The zero-order chi connectivity index (χ0) is 10.9. The second kappa shape index (κ2) is 2.81. The van der Waals surface area contributed by atoms with Crippen molar-refractivity contribution in [2.45, 2.75) is 50.6 Å². The molecule has 1 amide bonds. The Hall–Kier alpha value is -0.570.